The summed E-state index contributed by atoms with van der Waals surface area (Å²) >= 11 is 5.81. The second kappa shape index (κ2) is 7.38. The van der Waals surface area contributed by atoms with Crippen molar-refractivity contribution in [2.75, 3.05) is 11.9 Å². The predicted molar refractivity (Wildman–Crippen MR) is 98.4 cm³/mol. The summed E-state index contributed by atoms with van der Waals surface area (Å²) in [6, 6.07) is 4.65. The highest BCUT2D eigenvalue weighted by Gasteiger charge is 2.37. The maximum atomic E-state index is 13.2. The number of halogens is 2. The Morgan fingerprint density at radius 1 is 1.26 bits per heavy atom. The zero-order chi connectivity index (χ0) is 19.0. The lowest BCUT2D eigenvalue weighted by molar-refractivity contribution is 0.0338. The van der Waals surface area contributed by atoms with Gasteiger partial charge in [0.1, 0.15) is 11.6 Å². The molecule has 2 aromatic heterocycles. The van der Waals surface area contributed by atoms with Crippen molar-refractivity contribution in [2.45, 2.75) is 37.4 Å². The topological polar surface area (TPSA) is 95.6 Å². The largest absolute Gasteiger partial charge is 0.390 e. The fraction of sp³-hybridized carbons (Fsp3) is 0.389. The van der Waals surface area contributed by atoms with Crippen LogP contribution in [-0.2, 0) is 6.42 Å². The minimum Gasteiger partial charge on any atom is -0.390 e. The van der Waals surface area contributed by atoms with Crippen molar-refractivity contribution in [3.05, 3.63) is 52.8 Å². The lowest BCUT2D eigenvalue weighted by atomic mass is 10.1. The van der Waals surface area contributed by atoms with Gasteiger partial charge in [-0.15, -0.1) is 10.2 Å². The number of aliphatic hydroxyl groups is 2. The molecule has 0 spiro atoms. The van der Waals surface area contributed by atoms with Gasteiger partial charge in [0, 0.05) is 24.9 Å². The molecule has 1 saturated carbocycles. The number of hydrogen-bond donors (Lipinski definition) is 3. The quantitative estimate of drug-likeness (QED) is 0.617. The third-order valence-electron chi connectivity index (χ3n) is 4.96. The zero-order valence-electron chi connectivity index (χ0n) is 14.4. The van der Waals surface area contributed by atoms with Crippen molar-refractivity contribution in [3.8, 4) is 0 Å². The standard InChI is InChI=1S/C18H19ClFN5O2/c19-12-9-10(1-3-13(12)20)5-6-21-16-18-24-23-17(25(18)8-7-22-16)11-2-4-14(26)15(11)27/h1,3,7-9,11,14-15,26-27H,2,4-6H2,(H,21,22)/t11-,14-,15+/m1/s1. The van der Waals surface area contributed by atoms with Crippen LogP contribution in [0.3, 0.4) is 0 Å². The van der Waals surface area contributed by atoms with Gasteiger partial charge >= 0.3 is 0 Å². The number of anilines is 1. The number of hydrogen-bond acceptors (Lipinski definition) is 6. The summed E-state index contributed by atoms with van der Waals surface area (Å²) in [4.78, 5) is 4.31. The highest BCUT2D eigenvalue weighted by molar-refractivity contribution is 6.30. The molecule has 1 aliphatic rings. The van der Waals surface area contributed by atoms with E-state index in [1.807, 2.05) is 0 Å². The molecule has 9 heteroatoms. The Hall–Kier alpha value is -2.29. The van der Waals surface area contributed by atoms with Gasteiger partial charge < -0.3 is 15.5 Å². The van der Waals surface area contributed by atoms with Gasteiger partial charge in [-0.05, 0) is 37.0 Å². The molecular weight excluding hydrogens is 373 g/mol. The molecule has 3 aromatic rings. The summed E-state index contributed by atoms with van der Waals surface area (Å²) < 4.78 is 15.0. The first kappa shape index (κ1) is 18.1. The molecular formula is C18H19ClFN5O2. The van der Waals surface area contributed by atoms with Crippen LogP contribution in [0, 0.1) is 5.82 Å². The monoisotopic (exact) mass is 391 g/mol. The highest BCUT2D eigenvalue weighted by atomic mass is 35.5. The number of nitrogens with one attached hydrogen (secondary N) is 1. The van der Waals surface area contributed by atoms with E-state index in [1.165, 1.54) is 6.07 Å². The highest BCUT2D eigenvalue weighted by Crippen LogP contribution is 2.34. The maximum absolute atomic E-state index is 13.2. The molecule has 3 N–H and O–H groups in total. The number of nitrogens with zero attached hydrogens (tertiary/aromatic N) is 4. The van der Waals surface area contributed by atoms with Crippen molar-refractivity contribution in [1.82, 2.24) is 19.6 Å². The summed E-state index contributed by atoms with van der Waals surface area (Å²) in [7, 11) is 0. The Bertz CT molecular complexity index is 966. The van der Waals surface area contributed by atoms with Crippen molar-refractivity contribution >= 4 is 23.1 Å². The van der Waals surface area contributed by atoms with Crippen LogP contribution in [0.5, 0.6) is 0 Å². The van der Waals surface area contributed by atoms with E-state index in [-0.39, 0.29) is 10.9 Å². The van der Waals surface area contributed by atoms with Crippen LogP contribution >= 0.6 is 11.6 Å². The van der Waals surface area contributed by atoms with Gasteiger partial charge in [0.05, 0.1) is 17.2 Å². The molecule has 2 heterocycles. The SMILES string of the molecule is O[C@@H]1[C@H](O)CC[C@H]1c1nnc2c(NCCc3ccc(F)c(Cl)c3)nccn12. The Kier molecular flexibility index (Phi) is 4.94. The van der Waals surface area contributed by atoms with Crippen LogP contribution in [0.15, 0.2) is 30.6 Å². The van der Waals surface area contributed by atoms with Crippen molar-refractivity contribution < 1.29 is 14.6 Å². The van der Waals surface area contributed by atoms with Crippen LogP contribution in [0.25, 0.3) is 5.65 Å². The minimum atomic E-state index is -0.842. The Balaban J connectivity index is 1.50. The van der Waals surface area contributed by atoms with Gasteiger partial charge in [-0.25, -0.2) is 9.37 Å². The van der Waals surface area contributed by atoms with E-state index in [9.17, 15) is 14.6 Å². The van der Waals surface area contributed by atoms with Crippen LogP contribution in [-0.4, -0.2) is 48.5 Å². The number of aliphatic hydroxyl groups excluding tert-OH is 2. The summed E-state index contributed by atoms with van der Waals surface area (Å²) in [5, 5.41) is 31.7. The van der Waals surface area contributed by atoms with Crippen LogP contribution in [0.2, 0.25) is 5.02 Å². The molecule has 1 aliphatic carbocycles. The fourth-order valence-electron chi connectivity index (χ4n) is 3.48. The van der Waals surface area contributed by atoms with E-state index in [2.05, 4.69) is 20.5 Å². The lowest BCUT2D eigenvalue weighted by Crippen LogP contribution is -2.24. The molecule has 1 fully saturated rings. The van der Waals surface area contributed by atoms with Crippen LogP contribution < -0.4 is 5.32 Å². The van der Waals surface area contributed by atoms with Crippen LogP contribution in [0.4, 0.5) is 10.2 Å². The second-order valence-corrected chi connectivity index (χ2v) is 7.10. The fourth-order valence-corrected chi connectivity index (χ4v) is 3.69. The summed E-state index contributed by atoms with van der Waals surface area (Å²) in [6.45, 7) is 0.557. The number of aromatic nitrogens is 4. The van der Waals surface area contributed by atoms with Gasteiger partial charge in [0.15, 0.2) is 5.82 Å². The first-order valence-corrected chi connectivity index (χ1v) is 9.16. The van der Waals surface area contributed by atoms with Crippen LogP contribution in [0.1, 0.15) is 30.1 Å². The van der Waals surface area contributed by atoms with Gasteiger partial charge in [0.2, 0.25) is 5.65 Å². The Labute approximate surface area is 159 Å². The van der Waals surface area contributed by atoms with Gasteiger partial charge in [-0.3, -0.25) is 4.40 Å². The number of fused-ring (bicyclic) bond motifs is 1. The maximum Gasteiger partial charge on any atom is 0.203 e. The van der Waals surface area contributed by atoms with Gasteiger partial charge in [0.25, 0.3) is 0 Å². The van der Waals surface area contributed by atoms with E-state index < -0.39 is 18.0 Å². The van der Waals surface area contributed by atoms with E-state index in [0.717, 1.165) is 5.56 Å². The number of benzene rings is 1. The summed E-state index contributed by atoms with van der Waals surface area (Å²) in [5.41, 5.74) is 1.46. The zero-order valence-corrected chi connectivity index (χ0v) is 15.1. The number of rotatable bonds is 5. The van der Waals surface area contributed by atoms with Crippen molar-refractivity contribution in [3.63, 3.8) is 0 Å². The smallest absolute Gasteiger partial charge is 0.203 e. The molecule has 0 amide bonds. The average molecular weight is 392 g/mol. The molecule has 0 aliphatic heterocycles. The first-order valence-electron chi connectivity index (χ1n) is 8.78. The summed E-state index contributed by atoms with van der Waals surface area (Å²) in [6.07, 6.45) is 3.63. The summed E-state index contributed by atoms with van der Waals surface area (Å²) in [5.74, 6) is 0.490. The van der Waals surface area contributed by atoms with Gasteiger partial charge in [-0.1, -0.05) is 17.7 Å². The Morgan fingerprint density at radius 3 is 2.85 bits per heavy atom. The molecule has 4 rings (SSSR count). The molecule has 7 nitrogen and oxygen atoms in total. The van der Waals surface area contributed by atoms with E-state index >= 15 is 0 Å². The second-order valence-electron chi connectivity index (χ2n) is 6.69. The molecule has 0 saturated heterocycles. The molecule has 3 atom stereocenters. The third kappa shape index (κ3) is 3.47. The minimum absolute atomic E-state index is 0.104. The molecule has 0 radical (unpaired) electrons. The van der Waals surface area contributed by atoms with Gasteiger partial charge in [-0.2, -0.15) is 0 Å². The van der Waals surface area contributed by atoms with Crippen molar-refractivity contribution in [2.24, 2.45) is 0 Å². The average Bonchev–Trinajstić information content (AvgIpc) is 3.22. The third-order valence-corrected chi connectivity index (χ3v) is 5.24. The van der Waals surface area contributed by atoms with E-state index in [1.54, 1.807) is 28.9 Å². The van der Waals surface area contributed by atoms with E-state index in [4.69, 9.17) is 11.6 Å². The Morgan fingerprint density at radius 2 is 2.11 bits per heavy atom. The predicted octanol–water partition coefficient (Wildman–Crippen LogP) is 2.17. The molecule has 0 bridgehead atoms. The lowest BCUT2D eigenvalue weighted by Gasteiger charge is -2.14. The molecule has 27 heavy (non-hydrogen) atoms. The molecule has 1 aromatic carbocycles. The molecule has 142 valence electrons. The first-order chi connectivity index (χ1) is 13.0. The van der Waals surface area contributed by atoms with Crippen molar-refractivity contribution in [1.29, 1.82) is 0 Å². The van der Waals surface area contributed by atoms with E-state index in [0.29, 0.717) is 43.1 Å². The normalized spacial score (nSPS) is 22.4. The molecule has 0 unspecified atom stereocenters.